The Kier molecular flexibility index (Phi) is 4.73. The van der Waals surface area contributed by atoms with Gasteiger partial charge in [-0.05, 0) is 0 Å². The Morgan fingerprint density at radius 3 is 2.50 bits per heavy atom. The zero-order valence-corrected chi connectivity index (χ0v) is 12.0. The van der Waals surface area contributed by atoms with Crippen molar-refractivity contribution in [1.29, 1.82) is 0 Å². The SMILES string of the molecule is COC(=O)CCN1CCN(C(=O)n2cc[n+](C)c2)CC1. The van der Waals surface area contributed by atoms with Crippen molar-refractivity contribution in [2.45, 2.75) is 6.42 Å². The average molecular weight is 281 g/mol. The van der Waals surface area contributed by atoms with E-state index in [1.54, 1.807) is 17.1 Å². The van der Waals surface area contributed by atoms with Gasteiger partial charge >= 0.3 is 12.0 Å². The van der Waals surface area contributed by atoms with Gasteiger partial charge in [-0.25, -0.2) is 9.36 Å². The summed E-state index contributed by atoms with van der Waals surface area (Å²) in [5, 5.41) is 0. The summed E-state index contributed by atoms with van der Waals surface area (Å²) in [5.41, 5.74) is 0. The molecule has 0 radical (unpaired) electrons. The number of hydrogen-bond acceptors (Lipinski definition) is 4. The molecule has 1 amide bonds. The maximum absolute atomic E-state index is 12.2. The quantitative estimate of drug-likeness (QED) is 0.551. The second kappa shape index (κ2) is 6.51. The number of methoxy groups -OCH3 is 1. The van der Waals surface area contributed by atoms with Crippen LogP contribution in [0, 0.1) is 0 Å². The number of imidazole rings is 1. The Hall–Kier alpha value is -1.89. The summed E-state index contributed by atoms with van der Waals surface area (Å²) >= 11 is 0. The summed E-state index contributed by atoms with van der Waals surface area (Å²) in [4.78, 5) is 27.3. The number of carbonyl (C=O) groups is 2. The van der Waals surface area contributed by atoms with E-state index in [1.165, 1.54) is 7.11 Å². The molecule has 1 aromatic rings. The van der Waals surface area contributed by atoms with E-state index < -0.39 is 0 Å². The second-order valence-corrected chi connectivity index (χ2v) is 4.92. The number of rotatable bonds is 3. The zero-order chi connectivity index (χ0) is 14.5. The van der Waals surface area contributed by atoms with E-state index >= 15 is 0 Å². The van der Waals surface area contributed by atoms with Gasteiger partial charge in [-0.1, -0.05) is 0 Å². The van der Waals surface area contributed by atoms with Crippen LogP contribution in [0.15, 0.2) is 18.7 Å². The molecule has 1 aliphatic heterocycles. The van der Waals surface area contributed by atoms with Crippen LogP contribution in [0.4, 0.5) is 4.79 Å². The van der Waals surface area contributed by atoms with Crippen molar-refractivity contribution in [2.24, 2.45) is 7.05 Å². The highest BCUT2D eigenvalue weighted by molar-refractivity contribution is 5.76. The van der Waals surface area contributed by atoms with Crippen molar-refractivity contribution in [2.75, 3.05) is 39.8 Å². The molecule has 2 rings (SSSR count). The van der Waals surface area contributed by atoms with E-state index in [2.05, 4.69) is 9.64 Å². The number of piperazine rings is 1. The minimum atomic E-state index is -0.191. The minimum Gasteiger partial charge on any atom is -0.469 e. The topological polar surface area (TPSA) is 58.7 Å². The molecule has 2 heterocycles. The van der Waals surface area contributed by atoms with Crippen molar-refractivity contribution in [3.05, 3.63) is 18.7 Å². The molecule has 0 saturated carbocycles. The largest absolute Gasteiger partial charge is 0.469 e. The fraction of sp³-hybridized carbons (Fsp3) is 0.615. The molecule has 1 aliphatic rings. The van der Waals surface area contributed by atoms with Crippen LogP contribution in [0.25, 0.3) is 0 Å². The third kappa shape index (κ3) is 3.57. The van der Waals surface area contributed by atoms with Gasteiger partial charge in [0, 0.05) is 32.7 Å². The van der Waals surface area contributed by atoms with Gasteiger partial charge in [-0.2, -0.15) is 4.57 Å². The highest BCUT2D eigenvalue weighted by Crippen LogP contribution is 2.05. The van der Waals surface area contributed by atoms with Crippen molar-refractivity contribution < 1.29 is 18.9 Å². The maximum atomic E-state index is 12.2. The van der Waals surface area contributed by atoms with Gasteiger partial charge in [0.25, 0.3) is 6.33 Å². The van der Waals surface area contributed by atoms with Crippen LogP contribution in [-0.4, -0.2) is 66.2 Å². The number of ether oxygens (including phenoxy) is 1. The number of amides is 1. The van der Waals surface area contributed by atoms with Crippen LogP contribution in [0.1, 0.15) is 6.42 Å². The van der Waals surface area contributed by atoms with E-state index in [4.69, 9.17) is 0 Å². The first kappa shape index (κ1) is 14.5. The standard InChI is InChI=1S/C13H21N4O3/c1-14-5-8-17(11-14)13(19)16-9-6-15(7-10-16)4-3-12(18)20-2/h5,8,11H,3-4,6-7,9-10H2,1-2H3/q+1. The Labute approximate surface area is 118 Å². The van der Waals surface area contributed by atoms with Crippen LogP contribution in [0.3, 0.4) is 0 Å². The summed E-state index contributed by atoms with van der Waals surface area (Å²) < 4.78 is 8.05. The normalized spacial score (nSPS) is 16.2. The van der Waals surface area contributed by atoms with Crippen LogP contribution < -0.4 is 4.57 Å². The molecule has 0 spiro atoms. The lowest BCUT2D eigenvalue weighted by molar-refractivity contribution is -0.670. The third-order valence-electron chi connectivity index (χ3n) is 3.49. The molecule has 0 bridgehead atoms. The lowest BCUT2D eigenvalue weighted by Gasteiger charge is -2.33. The molecule has 7 nitrogen and oxygen atoms in total. The summed E-state index contributed by atoms with van der Waals surface area (Å²) in [6.45, 7) is 3.63. The smallest absolute Gasteiger partial charge is 0.415 e. The number of aryl methyl sites for hydroxylation is 1. The monoisotopic (exact) mass is 281 g/mol. The number of aromatic nitrogens is 2. The summed E-state index contributed by atoms with van der Waals surface area (Å²) in [7, 11) is 3.28. The molecule has 0 aliphatic carbocycles. The zero-order valence-electron chi connectivity index (χ0n) is 12.0. The molecule has 0 atom stereocenters. The van der Waals surface area contributed by atoms with Gasteiger partial charge in [0.15, 0.2) is 0 Å². The molecule has 0 aromatic carbocycles. The Morgan fingerprint density at radius 2 is 1.95 bits per heavy atom. The van der Waals surface area contributed by atoms with E-state index in [0.717, 1.165) is 13.1 Å². The number of hydrogen-bond donors (Lipinski definition) is 0. The van der Waals surface area contributed by atoms with Crippen LogP contribution in [0.2, 0.25) is 0 Å². The van der Waals surface area contributed by atoms with Gasteiger partial charge in [0.2, 0.25) is 0 Å². The Balaban J connectivity index is 1.79. The second-order valence-electron chi connectivity index (χ2n) is 4.92. The minimum absolute atomic E-state index is 0.00165. The number of esters is 1. The lowest BCUT2D eigenvalue weighted by Crippen LogP contribution is -2.50. The lowest BCUT2D eigenvalue weighted by atomic mass is 10.3. The Morgan fingerprint density at radius 1 is 1.25 bits per heavy atom. The highest BCUT2D eigenvalue weighted by Gasteiger charge is 2.25. The van der Waals surface area contributed by atoms with Crippen molar-refractivity contribution >= 4 is 12.0 Å². The van der Waals surface area contributed by atoms with Gasteiger partial charge < -0.3 is 9.64 Å². The predicted molar refractivity (Wildman–Crippen MR) is 71.0 cm³/mol. The molecule has 20 heavy (non-hydrogen) atoms. The van der Waals surface area contributed by atoms with Gasteiger partial charge in [0.05, 0.1) is 20.6 Å². The maximum Gasteiger partial charge on any atom is 0.415 e. The molecule has 110 valence electrons. The van der Waals surface area contributed by atoms with Gasteiger partial charge in [-0.15, -0.1) is 0 Å². The molecular weight excluding hydrogens is 260 g/mol. The van der Waals surface area contributed by atoms with E-state index in [9.17, 15) is 9.59 Å². The molecular formula is C13H21N4O3+. The Bertz CT molecular complexity index is 478. The van der Waals surface area contributed by atoms with Crippen LogP contribution in [0.5, 0.6) is 0 Å². The van der Waals surface area contributed by atoms with Gasteiger partial charge in [0.1, 0.15) is 12.4 Å². The fourth-order valence-electron chi connectivity index (χ4n) is 2.24. The summed E-state index contributed by atoms with van der Waals surface area (Å²) in [6, 6.07) is -0.00165. The molecule has 1 saturated heterocycles. The molecule has 1 fully saturated rings. The first-order valence-electron chi connectivity index (χ1n) is 6.72. The first-order chi connectivity index (χ1) is 9.60. The molecule has 7 heteroatoms. The number of nitrogens with zero attached hydrogens (tertiary/aromatic N) is 4. The summed E-state index contributed by atoms with van der Waals surface area (Å²) in [6.07, 6.45) is 5.75. The van der Waals surface area contributed by atoms with E-state index in [0.29, 0.717) is 26.1 Å². The third-order valence-corrected chi connectivity index (χ3v) is 3.49. The number of carbonyl (C=O) groups excluding carboxylic acids is 2. The van der Waals surface area contributed by atoms with E-state index in [1.807, 2.05) is 22.7 Å². The average Bonchev–Trinajstić information content (AvgIpc) is 2.91. The predicted octanol–water partition coefficient (Wildman–Crippen LogP) is -0.539. The highest BCUT2D eigenvalue weighted by atomic mass is 16.5. The van der Waals surface area contributed by atoms with Crippen molar-refractivity contribution in [3.63, 3.8) is 0 Å². The fourth-order valence-corrected chi connectivity index (χ4v) is 2.24. The van der Waals surface area contributed by atoms with Crippen molar-refractivity contribution in [3.8, 4) is 0 Å². The van der Waals surface area contributed by atoms with Crippen LogP contribution >= 0.6 is 0 Å². The molecule has 0 N–H and O–H groups in total. The van der Waals surface area contributed by atoms with Crippen LogP contribution in [-0.2, 0) is 16.6 Å². The van der Waals surface area contributed by atoms with Gasteiger partial charge in [-0.3, -0.25) is 9.69 Å². The van der Waals surface area contributed by atoms with Crippen molar-refractivity contribution in [1.82, 2.24) is 14.4 Å². The summed E-state index contributed by atoms with van der Waals surface area (Å²) in [5.74, 6) is -0.191. The molecule has 1 aromatic heterocycles. The first-order valence-corrected chi connectivity index (χ1v) is 6.72. The van der Waals surface area contributed by atoms with E-state index in [-0.39, 0.29) is 12.0 Å². The molecule has 0 unspecified atom stereocenters.